The van der Waals surface area contributed by atoms with Crippen LogP contribution in [0.5, 0.6) is 0 Å². The molecule has 2 aliphatic heterocycles. The number of benzene rings is 1. The lowest BCUT2D eigenvalue weighted by molar-refractivity contribution is -0.217. The molecule has 0 N–H and O–H groups in total. The van der Waals surface area contributed by atoms with Crippen LogP contribution in [-0.2, 0) is 35.1 Å². The molecule has 2 heterocycles. The molecular formula is C15H16O6. The quantitative estimate of drug-likeness (QED) is 0.781. The van der Waals surface area contributed by atoms with Crippen LogP contribution in [0.4, 0.5) is 0 Å². The number of carbonyl (C=O) groups is 2. The van der Waals surface area contributed by atoms with Crippen molar-refractivity contribution in [1.82, 2.24) is 0 Å². The highest BCUT2D eigenvalue weighted by molar-refractivity contribution is 5.72. The maximum atomic E-state index is 11.3. The Morgan fingerprint density at radius 2 is 2.10 bits per heavy atom. The zero-order valence-electron chi connectivity index (χ0n) is 11.6. The van der Waals surface area contributed by atoms with Crippen molar-refractivity contribution in [2.45, 2.75) is 38.6 Å². The first kappa shape index (κ1) is 14.0. The summed E-state index contributed by atoms with van der Waals surface area (Å²) in [5, 5.41) is 0. The van der Waals surface area contributed by atoms with E-state index >= 15 is 0 Å². The molecule has 2 aliphatic rings. The first-order valence-corrected chi connectivity index (χ1v) is 6.81. The highest BCUT2D eigenvalue weighted by atomic mass is 16.8. The number of esters is 2. The fraction of sp³-hybridized carbons (Fsp3) is 0.467. The molecule has 4 atom stereocenters. The molecule has 0 amide bonds. The second-order valence-electron chi connectivity index (χ2n) is 5.10. The van der Waals surface area contributed by atoms with E-state index in [2.05, 4.69) is 0 Å². The zero-order valence-corrected chi connectivity index (χ0v) is 11.6. The van der Waals surface area contributed by atoms with Crippen molar-refractivity contribution in [2.75, 3.05) is 0 Å². The van der Waals surface area contributed by atoms with Crippen molar-refractivity contribution in [3.8, 4) is 0 Å². The van der Waals surface area contributed by atoms with E-state index in [1.54, 1.807) is 0 Å². The second-order valence-corrected chi connectivity index (χ2v) is 5.10. The molecule has 2 fully saturated rings. The summed E-state index contributed by atoms with van der Waals surface area (Å²) in [5.74, 6) is -1.02. The van der Waals surface area contributed by atoms with Crippen LogP contribution in [-0.4, -0.2) is 30.6 Å². The van der Waals surface area contributed by atoms with Gasteiger partial charge in [0.1, 0.15) is 6.10 Å². The Hall–Kier alpha value is -1.92. The number of fused-ring (bicyclic) bond motifs is 1. The van der Waals surface area contributed by atoms with Gasteiger partial charge in [-0.15, -0.1) is 0 Å². The Balaban J connectivity index is 1.68. The van der Waals surface area contributed by atoms with Crippen LogP contribution in [0.1, 0.15) is 18.9 Å². The summed E-state index contributed by atoms with van der Waals surface area (Å²) in [6.07, 6.45) is -1.83. The SMILES string of the molecule is CC(=O)O[C@H]1O[C@@H]2OC(=O)C[C@@H]2[C@H]1OCc1ccccc1. The lowest BCUT2D eigenvalue weighted by atomic mass is 10.0. The second kappa shape index (κ2) is 5.83. The van der Waals surface area contributed by atoms with E-state index in [0.717, 1.165) is 5.56 Å². The summed E-state index contributed by atoms with van der Waals surface area (Å²) < 4.78 is 21.4. The van der Waals surface area contributed by atoms with Crippen molar-refractivity contribution in [2.24, 2.45) is 5.92 Å². The number of hydrogen-bond acceptors (Lipinski definition) is 6. The first-order chi connectivity index (χ1) is 10.1. The average molecular weight is 292 g/mol. The Labute approximate surface area is 121 Å². The van der Waals surface area contributed by atoms with E-state index in [9.17, 15) is 9.59 Å². The van der Waals surface area contributed by atoms with Gasteiger partial charge in [0.2, 0.25) is 12.6 Å². The van der Waals surface area contributed by atoms with Crippen LogP contribution in [0.15, 0.2) is 30.3 Å². The molecule has 0 radical (unpaired) electrons. The molecule has 3 rings (SSSR count). The largest absolute Gasteiger partial charge is 0.435 e. The first-order valence-electron chi connectivity index (χ1n) is 6.81. The van der Waals surface area contributed by atoms with Crippen LogP contribution in [0.25, 0.3) is 0 Å². The highest BCUT2D eigenvalue weighted by Gasteiger charge is 2.53. The lowest BCUT2D eigenvalue weighted by Crippen LogP contribution is -2.33. The molecule has 6 heteroatoms. The van der Waals surface area contributed by atoms with Crippen LogP contribution in [0, 0.1) is 5.92 Å². The summed E-state index contributed by atoms with van der Waals surface area (Å²) in [4.78, 5) is 22.5. The molecule has 1 aromatic rings. The van der Waals surface area contributed by atoms with Gasteiger partial charge < -0.3 is 14.2 Å². The number of carbonyl (C=O) groups excluding carboxylic acids is 2. The van der Waals surface area contributed by atoms with E-state index in [1.807, 2.05) is 30.3 Å². The third-order valence-electron chi connectivity index (χ3n) is 3.53. The average Bonchev–Trinajstić information content (AvgIpc) is 2.93. The maximum absolute atomic E-state index is 11.3. The molecule has 0 aliphatic carbocycles. The van der Waals surface area contributed by atoms with Crippen molar-refractivity contribution in [3.63, 3.8) is 0 Å². The predicted octanol–water partition coefficient (Wildman–Crippen LogP) is 1.38. The summed E-state index contributed by atoms with van der Waals surface area (Å²) in [6.45, 7) is 1.65. The lowest BCUT2D eigenvalue weighted by Gasteiger charge is -2.21. The van der Waals surface area contributed by atoms with E-state index in [-0.39, 0.29) is 18.3 Å². The molecule has 0 saturated carbocycles. The standard InChI is InChI=1S/C15H16O6/c1-9(16)19-15-13(11-7-12(17)20-14(11)21-15)18-8-10-5-3-2-4-6-10/h2-6,11,13-15H,7-8H2,1H3/t11-,13-,14+,15+/m1/s1. The van der Waals surface area contributed by atoms with E-state index in [0.29, 0.717) is 6.61 Å². The van der Waals surface area contributed by atoms with Crippen molar-refractivity contribution >= 4 is 11.9 Å². The Morgan fingerprint density at radius 1 is 1.33 bits per heavy atom. The molecule has 6 nitrogen and oxygen atoms in total. The minimum Gasteiger partial charge on any atom is -0.435 e. The molecule has 0 aromatic heterocycles. The summed E-state index contributed by atoms with van der Waals surface area (Å²) >= 11 is 0. The molecule has 112 valence electrons. The molecule has 1 aromatic carbocycles. The molecule has 0 spiro atoms. The number of hydrogen-bond donors (Lipinski definition) is 0. The monoisotopic (exact) mass is 292 g/mol. The number of rotatable bonds is 4. The maximum Gasteiger partial charge on any atom is 0.308 e. The van der Waals surface area contributed by atoms with Crippen molar-refractivity contribution in [3.05, 3.63) is 35.9 Å². The Bertz CT molecular complexity index is 528. The number of ether oxygens (including phenoxy) is 4. The van der Waals surface area contributed by atoms with Gasteiger partial charge >= 0.3 is 11.9 Å². The van der Waals surface area contributed by atoms with Gasteiger partial charge in [0.25, 0.3) is 0 Å². The Kier molecular flexibility index (Phi) is 3.90. The van der Waals surface area contributed by atoms with Gasteiger partial charge in [-0.25, -0.2) is 0 Å². The third-order valence-corrected chi connectivity index (χ3v) is 3.53. The van der Waals surface area contributed by atoms with Gasteiger partial charge in [-0.05, 0) is 5.56 Å². The van der Waals surface area contributed by atoms with Gasteiger partial charge in [-0.1, -0.05) is 30.3 Å². The molecular weight excluding hydrogens is 276 g/mol. The van der Waals surface area contributed by atoms with Gasteiger partial charge in [-0.2, -0.15) is 0 Å². The minimum atomic E-state index is -0.839. The van der Waals surface area contributed by atoms with Crippen molar-refractivity contribution < 1.29 is 28.5 Å². The summed E-state index contributed by atoms with van der Waals surface area (Å²) in [7, 11) is 0. The van der Waals surface area contributed by atoms with Crippen LogP contribution in [0.3, 0.4) is 0 Å². The molecule has 2 saturated heterocycles. The fourth-order valence-corrected chi connectivity index (χ4v) is 2.59. The topological polar surface area (TPSA) is 71.1 Å². The summed E-state index contributed by atoms with van der Waals surface area (Å²) in [6, 6.07) is 9.62. The highest BCUT2D eigenvalue weighted by Crippen LogP contribution is 2.38. The van der Waals surface area contributed by atoms with E-state index < -0.39 is 24.7 Å². The Morgan fingerprint density at radius 3 is 2.81 bits per heavy atom. The van der Waals surface area contributed by atoms with Crippen LogP contribution in [0.2, 0.25) is 0 Å². The minimum absolute atomic E-state index is 0.210. The molecule has 21 heavy (non-hydrogen) atoms. The third kappa shape index (κ3) is 3.06. The predicted molar refractivity (Wildman–Crippen MR) is 69.6 cm³/mol. The zero-order chi connectivity index (χ0) is 14.8. The van der Waals surface area contributed by atoms with Gasteiger partial charge in [0.05, 0.1) is 18.9 Å². The fourth-order valence-electron chi connectivity index (χ4n) is 2.59. The smallest absolute Gasteiger partial charge is 0.308 e. The van der Waals surface area contributed by atoms with Gasteiger partial charge in [-0.3, -0.25) is 14.3 Å². The van der Waals surface area contributed by atoms with Gasteiger partial charge in [0.15, 0.2) is 0 Å². The van der Waals surface area contributed by atoms with Crippen LogP contribution >= 0.6 is 0 Å². The van der Waals surface area contributed by atoms with Crippen molar-refractivity contribution in [1.29, 1.82) is 0 Å². The molecule has 0 unspecified atom stereocenters. The van der Waals surface area contributed by atoms with Gasteiger partial charge in [0, 0.05) is 6.92 Å². The summed E-state index contributed by atoms with van der Waals surface area (Å²) in [5.41, 5.74) is 0.993. The van der Waals surface area contributed by atoms with Crippen LogP contribution < -0.4 is 0 Å². The molecule has 0 bridgehead atoms. The normalized spacial score (nSPS) is 30.8. The van der Waals surface area contributed by atoms with E-state index in [4.69, 9.17) is 18.9 Å². The van der Waals surface area contributed by atoms with E-state index in [1.165, 1.54) is 6.92 Å².